The van der Waals surface area contributed by atoms with Crippen molar-refractivity contribution in [3.8, 4) is 5.75 Å². The van der Waals surface area contributed by atoms with Gasteiger partial charge in [0.15, 0.2) is 5.78 Å². The number of aromatic amines is 1. The molecule has 1 atom stereocenters. The monoisotopic (exact) mass is 358 g/mol. The molecule has 2 aromatic rings. The Kier molecular flexibility index (Phi) is 6.21. The zero-order chi connectivity index (χ0) is 19.4. The smallest absolute Gasteiger partial charge is 0.339 e. The van der Waals surface area contributed by atoms with Crippen LogP contribution in [-0.2, 0) is 11.3 Å². The Morgan fingerprint density at radius 2 is 1.85 bits per heavy atom. The highest BCUT2D eigenvalue weighted by Crippen LogP contribution is 2.23. The summed E-state index contributed by atoms with van der Waals surface area (Å²) in [5.74, 6) is 0.280. The first kappa shape index (κ1) is 19.7. The number of benzene rings is 1. The second kappa shape index (κ2) is 8.19. The molecule has 0 spiro atoms. The maximum absolute atomic E-state index is 13.0. The number of carbonyl (C=O) groups excluding carboxylic acids is 2. The molecular weight excluding hydrogens is 332 g/mol. The van der Waals surface area contributed by atoms with Gasteiger partial charge in [-0.05, 0) is 39.4 Å². The molecule has 26 heavy (non-hydrogen) atoms. The van der Waals surface area contributed by atoms with E-state index in [0.29, 0.717) is 29.1 Å². The van der Waals surface area contributed by atoms with Gasteiger partial charge in [0, 0.05) is 17.8 Å². The van der Waals surface area contributed by atoms with E-state index in [2.05, 4.69) is 4.98 Å². The van der Waals surface area contributed by atoms with Crippen molar-refractivity contribution in [3.63, 3.8) is 0 Å². The highest BCUT2D eigenvalue weighted by Gasteiger charge is 2.27. The molecular formula is C20H26N2O4. The number of Topliss-reactive ketones (excluding diaryl/α,β-unsaturated/α-hetero) is 1. The fraction of sp³-hybridized carbons (Fsp3) is 0.400. The number of nitrogens with zero attached hydrogens (tertiary/aromatic N) is 1. The molecule has 0 aliphatic carbocycles. The molecule has 0 bridgehead atoms. The number of methoxy groups -OCH3 is 2. The van der Waals surface area contributed by atoms with E-state index in [1.807, 2.05) is 43.1 Å². The summed E-state index contributed by atoms with van der Waals surface area (Å²) >= 11 is 0. The van der Waals surface area contributed by atoms with E-state index < -0.39 is 5.97 Å². The first-order chi connectivity index (χ1) is 12.3. The fourth-order valence-electron chi connectivity index (χ4n) is 3.05. The van der Waals surface area contributed by atoms with E-state index in [0.717, 1.165) is 11.3 Å². The number of rotatable bonds is 7. The number of aromatic nitrogens is 1. The third-order valence-corrected chi connectivity index (χ3v) is 4.73. The molecule has 0 unspecified atom stereocenters. The van der Waals surface area contributed by atoms with Gasteiger partial charge in [-0.25, -0.2) is 4.79 Å². The Balaban J connectivity index is 2.23. The van der Waals surface area contributed by atoms with Gasteiger partial charge in [-0.15, -0.1) is 0 Å². The standard InChI is InChI=1S/C20H26N2O4/c1-12-17(20(24)26-6)13(2)21-18(12)19(23)14(3)22(4)11-15-9-7-8-10-16(15)25-5/h7-10,14,21H,11H2,1-6H3/t14-/m0/s1. The van der Waals surface area contributed by atoms with Crippen molar-refractivity contribution < 1.29 is 19.1 Å². The van der Waals surface area contributed by atoms with Crippen molar-refractivity contribution in [3.05, 3.63) is 52.3 Å². The molecule has 0 saturated heterocycles. The minimum Gasteiger partial charge on any atom is -0.496 e. The van der Waals surface area contributed by atoms with E-state index >= 15 is 0 Å². The van der Waals surface area contributed by atoms with Crippen LogP contribution in [0.4, 0.5) is 0 Å². The quantitative estimate of drug-likeness (QED) is 0.608. The molecule has 6 heteroatoms. The predicted molar refractivity (Wildman–Crippen MR) is 99.9 cm³/mol. The van der Waals surface area contributed by atoms with Gasteiger partial charge >= 0.3 is 5.97 Å². The van der Waals surface area contributed by atoms with E-state index in [4.69, 9.17) is 9.47 Å². The number of para-hydroxylation sites is 1. The number of nitrogens with one attached hydrogen (secondary N) is 1. The second-order valence-corrected chi connectivity index (χ2v) is 6.38. The molecule has 2 rings (SSSR count). The lowest BCUT2D eigenvalue weighted by Crippen LogP contribution is -2.36. The molecule has 1 N–H and O–H groups in total. The number of ether oxygens (including phenoxy) is 2. The molecule has 1 aromatic carbocycles. The van der Waals surface area contributed by atoms with Crippen molar-refractivity contribution in [2.75, 3.05) is 21.3 Å². The summed E-state index contributed by atoms with van der Waals surface area (Å²) < 4.78 is 10.2. The summed E-state index contributed by atoms with van der Waals surface area (Å²) in [6, 6.07) is 7.36. The van der Waals surface area contributed by atoms with Gasteiger partial charge in [0.2, 0.25) is 0 Å². The average Bonchev–Trinajstić information content (AvgIpc) is 2.94. The average molecular weight is 358 g/mol. The molecule has 0 aliphatic rings. The van der Waals surface area contributed by atoms with E-state index in [9.17, 15) is 9.59 Å². The van der Waals surface area contributed by atoms with Crippen LogP contribution in [0.3, 0.4) is 0 Å². The Hall–Kier alpha value is -2.60. The zero-order valence-corrected chi connectivity index (χ0v) is 16.2. The molecule has 0 radical (unpaired) electrons. The van der Waals surface area contributed by atoms with Gasteiger partial charge in [0.25, 0.3) is 0 Å². The first-order valence-electron chi connectivity index (χ1n) is 8.45. The summed E-state index contributed by atoms with van der Waals surface area (Å²) in [6.45, 7) is 5.94. The number of hydrogen-bond donors (Lipinski definition) is 1. The minimum absolute atomic E-state index is 0.0712. The Bertz CT molecular complexity index is 810. The van der Waals surface area contributed by atoms with Crippen molar-refractivity contribution in [2.45, 2.75) is 33.4 Å². The molecule has 6 nitrogen and oxygen atoms in total. The van der Waals surface area contributed by atoms with Gasteiger partial charge in [0.05, 0.1) is 31.5 Å². The van der Waals surface area contributed by atoms with Gasteiger partial charge in [-0.1, -0.05) is 18.2 Å². The molecule has 0 saturated carbocycles. The first-order valence-corrected chi connectivity index (χ1v) is 8.45. The summed E-state index contributed by atoms with van der Waals surface area (Å²) in [4.78, 5) is 29.9. The van der Waals surface area contributed by atoms with E-state index in [-0.39, 0.29) is 11.8 Å². The van der Waals surface area contributed by atoms with Crippen LogP contribution in [0.15, 0.2) is 24.3 Å². The minimum atomic E-state index is -0.440. The Morgan fingerprint density at radius 1 is 1.19 bits per heavy atom. The molecule has 0 amide bonds. The number of likely N-dealkylation sites (N-methyl/N-ethyl adjacent to an activating group) is 1. The fourth-order valence-corrected chi connectivity index (χ4v) is 3.05. The van der Waals surface area contributed by atoms with Gasteiger partial charge in [0.1, 0.15) is 5.75 Å². The predicted octanol–water partition coefficient (Wildman–Crippen LogP) is 3.13. The number of H-pyrrole nitrogens is 1. The van der Waals surface area contributed by atoms with Crippen LogP contribution >= 0.6 is 0 Å². The lowest BCUT2D eigenvalue weighted by Gasteiger charge is -2.24. The summed E-state index contributed by atoms with van der Waals surface area (Å²) in [5.41, 5.74) is 3.14. The molecule has 1 aromatic heterocycles. The van der Waals surface area contributed by atoms with Crippen LogP contribution < -0.4 is 4.74 Å². The number of ketones is 1. The van der Waals surface area contributed by atoms with Crippen LogP contribution in [0.1, 0.15) is 44.6 Å². The topological polar surface area (TPSA) is 71.6 Å². The number of hydrogen-bond acceptors (Lipinski definition) is 5. The van der Waals surface area contributed by atoms with Crippen LogP contribution in [0.5, 0.6) is 5.75 Å². The van der Waals surface area contributed by atoms with Crippen molar-refractivity contribution in [2.24, 2.45) is 0 Å². The van der Waals surface area contributed by atoms with E-state index in [1.54, 1.807) is 21.0 Å². The third-order valence-electron chi connectivity index (χ3n) is 4.73. The molecule has 140 valence electrons. The van der Waals surface area contributed by atoms with Crippen LogP contribution in [0.25, 0.3) is 0 Å². The molecule has 0 fully saturated rings. The van der Waals surface area contributed by atoms with Gasteiger partial charge in [-0.2, -0.15) is 0 Å². The highest BCUT2D eigenvalue weighted by atomic mass is 16.5. The summed E-state index contributed by atoms with van der Waals surface area (Å²) in [6.07, 6.45) is 0. The van der Waals surface area contributed by atoms with Crippen molar-refractivity contribution in [1.29, 1.82) is 0 Å². The van der Waals surface area contributed by atoms with Gasteiger partial charge in [-0.3, -0.25) is 9.69 Å². The molecule has 0 aliphatic heterocycles. The second-order valence-electron chi connectivity index (χ2n) is 6.38. The Labute approximate surface area is 154 Å². The maximum atomic E-state index is 13.0. The lowest BCUT2D eigenvalue weighted by molar-refractivity contribution is 0.0599. The number of aryl methyl sites for hydroxylation is 1. The van der Waals surface area contributed by atoms with Crippen LogP contribution in [-0.4, -0.2) is 48.9 Å². The molecule has 1 heterocycles. The number of carbonyl (C=O) groups is 2. The van der Waals surface area contributed by atoms with Gasteiger partial charge < -0.3 is 14.5 Å². The lowest BCUT2D eigenvalue weighted by atomic mass is 10.0. The summed E-state index contributed by atoms with van der Waals surface area (Å²) in [5, 5.41) is 0. The Morgan fingerprint density at radius 3 is 2.46 bits per heavy atom. The van der Waals surface area contributed by atoms with Crippen LogP contribution in [0, 0.1) is 13.8 Å². The van der Waals surface area contributed by atoms with E-state index in [1.165, 1.54) is 7.11 Å². The normalized spacial score (nSPS) is 12.1. The largest absolute Gasteiger partial charge is 0.496 e. The maximum Gasteiger partial charge on any atom is 0.339 e. The number of esters is 1. The van der Waals surface area contributed by atoms with Crippen LogP contribution in [0.2, 0.25) is 0 Å². The van der Waals surface area contributed by atoms with Crippen molar-refractivity contribution >= 4 is 11.8 Å². The third kappa shape index (κ3) is 3.80. The zero-order valence-electron chi connectivity index (χ0n) is 16.2. The highest BCUT2D eigenvalue weighted by molar-refractivity contribution is 6.03. The van der Waals surface area contributed by atoms with Crippen molar-refractivity contribution in [1.82, 2.24) is 9.88 Å². The SMILES string of the molecule is COC(=O)c1c(C)[nH]c(C(=O)[C@H](C)N(C)Cc2ccccc2OC)c1C. The summed E-state index contributed by atoms with van der Waals surface area (Å²) in [7, 11) is 4.85.